The number of anilines is 2. The molecule has 35 heavy (non-hydrogen) atoms. The number of hydrogen-bond acceptors (Lipinski definition) is 6. The molecule has 1 aliphatic carbocycles. The van der Waals surface area contributed by atoms with Gasteiger partial charge in [-0.3, -0.25) is 8.98 Å². The number of benzene rings is 2. The molecular formula is C23H24BrClF2N2O5S. The normalized spacial score (nSPS) is 21.7. The molecule has 1 amide bonds. The summed E-state index contributed by atoms with van der Waals surface area (Å²) in [6.07, 6.45) is 1.72. The van der Waals surface area contributed by atoms with Gasteiger partial charge in [0.05, 0.1) is 18.0 Å². The second-order valence-corrected chi connectivity index (χ2v) is 11.9. The van der Waals surface area contributed by atoms with E-state index in [1.54, 1.807) is 6.07 Å². The van der Waals surface area contributed by atoms with Crippen LogP contribution in [0.3, 0.4) is 0 Å². The molecule has 0 spiro atoms. The molecule has 2 aliphatic rings. The number of fused-ring (bicyclic) bond motifs is 3. The van der Waals surface area contributed by atoms with E-state index < -0.39 is 21.8 Å². The third-order valence-corrected chi connectivity index (χ3v) is 7.37. The molecule has 1 saturated carbocycles. The van der Waals surface area contributed by atoms with Gasteiger partial charge in [0, 0.05) is 45.3 Å². The molecule has 2 aromatic rings. The second-order valence-electron chi connectivity index (χ2n) is 8.99. The van der Waals surface area contributed by atoms with Crippen LogP contribution in [0.15, 0.2) is 40.9 Å². The monoisotopic (exact) mass is 592 g/mol. The number of amides is 1. The van der Waals surface area contributed by atoms with Crippen LogP contribution in [0.25, 0.3) is 0 Å². The molecule has 1 heterocycles. The fraction of sp³-hybridized carbons (Fsp3) is 0.435. The fourth-order valence-electron chi connectivity index (χ4n) is 4.99. The fourth-order valence-corrected chi connectivity index (χ4v) is 6.42. The summed E-state index contributed by atoms with van der Waals surface area (Å²) in [4.78, 5) is 15.3. The van der Waals surface area contributed by atoms with E-state index in [0.717, 1.165) is 22.0 Å². The number of nitrogens with one attached hydrogen (secondary N) is 1. The zero-order valence-electron chi connectivity index (χ0n) is 19.1. The van der Waals surface area contributed by atoms with Gasteiger partial charge in [0.25, 0.3) is 16.0 Å². The lowest BCUT2D eigenvalue weighted by atomic mass is 9.95. The molecule has 3 unspecified atom stereocenters. The van der Waals surface area contributed by atoms with Crippen molar-refractivity contribution in [2.45, 2.75) is 56.4 Å². The Morgan fingerprint density at radius 2 is 1.89 bits per heavy atom. The number of halogens is 4. The van der Waals surface area contributed by atoms with Crippen molar-refractivity contribution in [3.05, 3.63) is 52.0 Å². The van der Waals surface area contributed by atoms with Gasteiger partial charge < -0.3 is 15.0 Å². The maximum absolute atomic E-state index is 13.0. The summed E-state index contributed by atoms with van der Waals surface area (Å²) in [5.41, 5.74) is -1.08. The summed E-state index contributed by atoms with van der Waals surface area (Å²) in [7, 11) is -3.58. The van der Waals surface area contributed by atoms with E-state index in [2.05, 4.69) is 44.7 Å². The molecule has 1 aliphatic heterocycles. The van der Waals surface area contributed by atoms with Crippen LogP contribution in [0, 0.1) is 0 Å². The van der Waals surface area contributed by atoms with E-state index >= 15 is 0 Å². The molecule has 12 heteroatoms. The first-order chi connectivity index (χ1) is 16.2. The summed E-state index contributed by atoms with van der Waals surface area (Å²) >= 11 is 8.39. The molecule has 1 N–H and O–H groups in total. The van der Waals surface area contributed by atoms with Gasteiger partial charge in [-0.2, -0.15) is 8.42 Å². The van der Waals surface area contributed by atoms with Crippen LogP contribution in [-0.4, -0.2) is 44.3 Å². The second kappa shape index (κ2) is 9.49. The first kappa shape index (κ1) is 26.1. The van der Waals surface area contributed by atoms with Gasteiger partial charge in [-0.15, -0.1) is 8.78 Å². The van der Waals surface area contributed by atoms with Gasteiger partial charge in [-0.05, 0) is 84.6 Å². The topological polar surface area (TPSA) is 84.9 Å². The van der Waals surface area contributed by atoms with Crippen molar-refractivity contribution in [2.75, 3.05) is 16.5 Å². The summed E-state index contributed by atoms with van der Waals surface area (Å²) in [5.74, 6) is -0.515. The Bertz CT molecular complexity index is 1240. The number of carbonyl (C=O) groups is 1. The molecule has 0 aromatic heterocycles. The van der Waals surface area contributed by atoms with Crippen LogP contribution in [-0.2, 0) is 14.3 Å². The predicted octanol–water partition coefficient (Wildman–Crippen LogP) is 5.69. The van der Waals surface area contributed by atoms with E-state index in [9.17, 15) is 22.0 Å². The summed E-state index contributed by atoms with van der Waals surface area (Å²) < 4.78 is 59.3. The molecule has 190 valence electrons. The molecule has 2 aromatic carbocycles. The molecule has 0 saturated heterocycles. The maximum Gasteiger partial charge on any atom is 0.487 e. The number of hydrogen-bond donors (Lipinski definition) is 1. The zero-order valence-corrected chi connectivity index (χ0v) is 22.3. The van der Waals surface area contributed by atoms with Crippen LogP contribution in [0.4, 0.5) is 20.2 Å². The van der Waals surface area contributed by atoms with E-state index in [-0.39, 0.29) is 29.7 Å². The highest BCUT2D eigenvalue weighted by atomic mass is 79.9. The van der Waals surface area contributed by atoms with Crippen LogP contribution >= 0.6 is 27.5 Å². The highest BCUT2D eigenvalue weighted by Crippen LogP contribution is 2.53. The van der Waals surface area contributed by atoms with Crippen molar-refractivity contribution in [3.8, 4) is 5.75 Å². The van der Waals surface area contributed by atoms with Crippen molar-refractivity contribution in [3.63, 3.8) is 0 Å². The summed E-state index contributed by atoms with van der Waals surface area (Å²) in [6.45, 7) is 4.13. The third kappa shape index (κ3) is 5.90. The van der Waals surface area contributed by atoms with Crippen molar-refractivity contribution in [1.29, 1.82) is 0 Å². The van der Waals surface area contributed by atoms with Crippen LogP contribution in [0.2, 0.25) is 0 Å². The van der Waals surface area contributed by atoms with Gasteiger partial charge in [0.15, 0.2) is 0 Å². The van der Waals surface area contributed by atoms with E-state index in [1.165, 1.54) is 24.3 Å². The number of rotatable bonds is 7. The van der Waals surface area contributed by atoms with E-state index in [1.807, 2.05) is 6.07 Å². The minimum Gasteiger partial charge on any atom is -0.420 e. The zero-order chi connectivity index (χ0) is 25.7. The van der Waals surface area contributed by atoms with Crippen molar-refractivity contribution >= 4 is 54.9 Å². The van der Waals surface area contributed by atoms with Gasteiger partial charge in [0.2, 0.25) is 0 Å². The Balaban J connectivity index is 1.58. The molecule has 0 bridgehead atoms. The summed E-state index contributed by atoms with van der Waals surface area (Å²) in [5, 5.41) is 2.75. The van der Waals surface area contributed by atoms with E-state index in [0.29, 0.717) is 24.1 Å². The smallest absolute Gasteiger partial charge is 0.420 e. The Morgan fingerprint density at radius 3 is 2.46 bits per heavy atom. The number of carbonyl (C=O) groups excluding carboxylic acids is 1. The highest BCUT2D eigenvalue weighted by molar-refractivity contribution is 9.10. The van der Waals surface area contributed by atoms with Crippen LogP contribution in [0.5, 0.6) is 5.75 Å². The van der Waals surface area contributed by atoms with Gasteiger partial charge in [-0.1, -0.05) is 0 Å². The van der Waals surface area contributed by atoms with Crippen molar-refractivity contribution in [1.82, 2.24) is 0 Å². The summed E-state index contributed by atoms with van der Waals surface area (Å²) in [6, 6.07) is 9.17. The van der Waals surface area contributed by atoms with Gasteiger partial charge in [0.1, 0.15) is 5.75 Å². The van der Waals surface area contributed by atoms with Crippen molar-refractivity contribution < 1.29 is 30.9 Å². The lowest BCUT2D eigenvalue weighted by molar-refractivity contribution is -0.0964. The first-order valence-electron chi connectivity index (χ1n) is 10.9. The van der Waals surface area contributed by atoms with Gasteiger partial charge in [-0.25, -0.2) is 0 Å². The predicted molar refractivity (Wildman–Crippen MR) is 133 cm³/mol. The average molecular weight is 594 g/mol. The molecule has 7 nitrogen and oxygen atoms in total. The number of ether oxygens (including phenoxy) is 1. The minimum absolute atomic E-state index is 0.0110. The Hall–Kier alpha value is -1.95. The molecule has 0 radical (unpaired) electrons. The van der Waals surface area contributed by atoms with Gasteiger partial charge >= 0.3 is 5.57 Å². The number of nitrogens with zero attached hydrogens (tertiary/aromatic N) is 1. The Morgan fingerprint density at radius 1 is 1.23 bits per heavy atom. The Labute approximate surface area is 216 Å². The SMILES string of the molecule is CC(C)N1c2c(Br)cc(C(=O)Nc3ccc(OC(F)(F)Cl)cc3)cc2C2CC(OS(C)(=O)=O)CC21. The van der Waals surface area contributed by atoms with Crippen LogP contribution < -0.4 is 15.0 Å². The maximum atomic E-state index is 13.0. The quantitative estimate of drug-likeness (QED) is 0.328. The lowest BCUT2D eigenvalue weighted by Crippen LogP contribution is -2.38. The molecular weight excluding hydrogens is 570 g/mol. The highest BCUT2D eigenvalue weighted by Gasteiger charge is 2.48. The van der Waals surface area contributed by atoms with Crippen LogP contribution in [0.1, 0.15) is 48.5 Å². The van der Waals surface area contributed by atoms with E-state index in [4.69, 9.17) is 15.8 Å². The largest absolute Gasteiger partial charge is 0.487 e. The molecule has 4 rings (SSSR count). The lowest BCUT2D eigenvalue weighted by Gasteiger charge is -2.32. The van der Waals surface area contributed by atoms with Crippen molar-refractivity contribution in [2.24, 2.45) is 0 Å². The average Bonchev–Trinajstić information content (AvgIpc) is 3.23. The third-order valence-electron chi connectivity index (χ3n) is 6.07. The number of alkyl halides is 3. The minimum atomic E-state index is -3.82. The molecule has 1 fully saturated rings. The first-order valence-corrected chi connectivity index (χ1v) is 13.9. The standard InChI is InChI=1S/C23H24BrClF2N2O5S/c1-12(2)29-20-11-16(34-35(3,31)32)10-17(20)18-8-13(9-19(24)21(18)29)22(30)28-14-4-6-15(7-5-14)33-23(25,26)27/h4-9,12,16-17,20H,10-11H2,1-3H3,(H,28,30). The molecule has 3 atom stereocenters. The Kier molecular flexibility index (Phi) is 7.09.